The summed E-state index contributed by atoms with van der Waals surface area (Å²) in [5, 5.41) is 9.05. The van der Waals surface area contributed by atoms with Gasteiger partial charge in [-0.2, -0.15) is 5.10 Å². The molecule has 9 heteroatoms. The monoisotopic (exact) mass is 463 g/mol. The van der Waals surface area contributed by atoms with Crippen LogP contribution in [-0.4, -0.2) is 46.7 Å². The predicted octanol–water partition coefficient (Wildman–Crippen LogP) is 2.42. The first-order valence-electron chi connectivity index (χ1n) is 10.5. The average molecular weight is 464 g/mol. The number of nitrogens with two attached hydrogens (primary N) is 1. The van der Waals surface area contributed by atoms with Gasteiger partial charge in [0.25, 0.3) is 5.91 Å². The van der Waals surface area contributed by atoms with Gasteiger partial charge in [-0.1, -0.05) is 30.3 Å². The molecule has 33 heavy (non-hydrogen) atoms. The molecule has 1 aliphatic rings. The van der Waals surface area contributed by atoms with Gasteiger partial charge in [0.1, 0.15) is 0 Å². The minimum absolute atomic E-state index is 0.0517. The lowest BCUT2D eigenvalue weighted by Gasteiger charge is -2.37. The first-order chi connectivity index (χ1) is 15.9. The second-order valence-electron chi connectivity index (χ2n) is 7.67. The van der Waals surface area contributed by atoms with Gasteiger partial charge in [0.15, 0.2) is 0 Å². The largest absolute Gasteiger partial charge is 0.368 e. The summed E-state index contributed by atoms with van der Waals surface area (Å²) in [6.45, 7) is 3.83. The molecule has 4 rings (SSSR count). The van der Waals surface area contributed by atoms with Gasteiger partial charge in [0.05, 0.1) is 11.1 Å². The van der Waals surface area contributed by atoms with Crippen molar-refractivity contribution in [1.82, 2.24) is 5.43 Å². The molecule has 0 bridgehead atoms. The third-order valence-electron chi connectivity index (χ3n) is 5.48. The number of piperazine rings is 1. The Bertz CT molecular complexity index is 1220. The Morgan fingerprint density at radius 3 is 1.91 bits per heavy atom. The van der Waals surface area contributed by atoms with E-state index in [2.05, 4.69) is 44.6 Å². The van der Waals surface area contributed by atoms with Crippen LogP contribution in [0.4, 0.5) is 11.4 Å². The molecule has 1 amide bonds. The molecular formula is C24H25N5O3S. The Morgan fingerprint density at radius 2 is 1.36 bits per heavy atom. The zero-order valence-electron chi connectivity index (χ0n) is 18.0. The van der Waals surface area contributed by atoms with Crippen LogP contribution in [0.15, 0.2) is 88.9 Å². The first kappa shape index (κ1) is 22.5. The Kier molecular flexibility index (Phi) is 6.71. The molecule has 0 radical (unpaired) electrons. The number of nitrogens with one attached hydrogen (secondary N) is 1. The van der Waals surface area contributed by atoms with Crippen LogP contribution < -0.4 is 20.4 Å². The van der Waals surface area contributed by atoms with Gasteiger partial charge >= 0.3 is 0 Å². The molecule has 3 aromatic rings. The smallest absolute Gasteiger partial charge is 0.271 e. The fourth-order valence-corrected chi connectivity index (χ4v) is 4.17. The molecular weight excluding hydrogens is 438 g/mol. The van der Waals surface area contributed by atoms with Crippen LogP contribution in [0.2, 0.25) is 0 Å². The van der Waals surface area contributed by atoms with E-state index in [4.69, 9.17) is 5.14 Å². The molecule has 0 aliphatic carbocycles. The van der Waals surface area contributed by atoms with E-state index < -0.39 is 15.9 Å². The van der Waals surface area contributed by atoms with Gasteiger partial charge in [-0.05, 0) is 54.1 Å². The molecule has 3 N–H and O–H groups in total. The van der Waals surface area contributed by atoms with Gasteiger partial charge in [-0.15, -0.1) is 0 Å². The van der Waals surface area contributed by atoms with Gasteiger partial charge in [-0.25, -0.2) is 19.0 Å². The van der Waals surface area contributed by atoms with Crippen LogP contribution in [0, 0.1) is 0 Å². The molecule has 0 saturated carbocycles. The number of hydrogen-bond acceptors (Lipinski definition) is 6. The predicted molar refractivity (Wildman–Crippen MR) is 130 cm³/mol. The highest BCUT2D eigenvalue weighted by Crippen LogP contribution is 2.20. The van der Waals surface area contributed by atoms with E-state index in [1.54, 1.807) is 6.21 Å². The topological polar surface area (TPSA) is 108 Å². The van der Waals surface area contributed by atoms with E-state index in [0.717, 1.165) is 37.4 Å². The molecule has 170 valence electrons. The van der Waals surface area contributed by atoms with Crippen LogP contribution >= 0.6 is 0 Å². The van der Waals surface area contributed by atoms with Crippen molar-refractivity contribution in [1.29, 1.82) is 0 Å². The summed E-state index contributed by atoms with van der Waals surface area (Å²) in [5.41, 5.74) is 5.98. The molecule has 0 unspecified atom stereocenters. The van der Waals surface area contributed by atoms with Crippen LogP contribution in [0.3, 0.4) is 0 Å². The maximum atomic E-state index is 12.2. The number of nitrogens with zero attached hydrogens (tertiary/aromatic N) is 3. The summed E-state index contributed by atoms with van der Waals surface area (Å²) in [6.07, 6.45) is 1.56. The highest BCUT2D eigenvalue weighted by molar-refractivity contribution is 7.89. The second-order valence-corrected chi connectivity index (χ2v) is 9.23. The maximum absolute atomic E-state index is 12.2. The molecule has 1 fully saturated rings. The Hall–Kier alpha value is -3.69. The number of anilines is 2. The summed E-state index contributed by atoms with van der Waals surface area (Å²) in [5.74, 6) is -0.444. The molecule has 1 saturated heterocycles. The molecule has 3 aromatic carbocycles. The van der Waals surface area contributed by atoms with Crippen LogP contribution in [0.5, 0.6) is 0 Å². The van der Waals surface area contributed by atoms with E-state index >= 15 is 0 Å². The summed E-state index contributed by atoms with van der Waals surface area (Å²) in [7, 11) is -3.79. The van der Waals surface area contributed by atoms with Gasteiger partial charge in [0, 0.05) is 43.1 Å². The van der Waals surface area contributed by atoms with Crippen molar-refractivity contribution in [3.8, 4) is 0 Å². The summed E-state index contributed by atoms with van der Waals surface area (Å²) in [6, 6.07) is 23.8. The zero-order chi connectivity index (χ0) is 23.3. The van der Waals surface area contributed by atoms with E-state index in [9.17, 15) is 13.2 Å². The van der Waals surface area contributed by atoms with Crippen LogP contribution in [0.25, 0.3) is 0 Å². The van der Waals surface area contributed by atoms with Crippen molar-refractivity contribution >= 4 is 33.5 Å². The first-order valence-corrected chi connectivity index (χ1v) is 12.1. The standard InChI is InChI=1S/C24H25N5O3S/c25-33(31,32)23-12-8-20(9-13-23)24(30)27-26-18-19-6-10-22(11-7-19)29-16-14-28(15-17-29)21-4-2-1-3-5-21/h1-13,18H,14-17H2,(H,27,30)(H2,25,31,32)/b26-18+. The van der Waals surface area contributed by atoms with Gasteiger partial charge < -0.3 is 9.80 Å². The average Bonchev–Trinajstić information content (AvgIpc) is 2.85. The number of sulfonamides is 1. The summed E-state index contributed by atoms with van der Waals surface area (Å²) < 4.78 is 22.6. The number of rotatable bonds is 6. The van der Waals surface area contributed by atoms with E-state index in [-0.39, 0.29) is 10.5 Å². The quantitative estimate of drug-likeness (QED) is 0.431. The maximum Gasteiger partial charge on any atom is 0.271 e. The molecule has 0 aromatic heterocycles. The zero-order valence-corrected chi connectivity index (χ0v) is 18.8. The third-order valence-corrected chi connectivity index (χ3v) is 6.41. The second kappa shape index (κ2) is 9.85. The minimum Gasteiger partial charge on any atom is -0.368 e. The number of amides is 1. The Labute approximate surface area is 193 Å². The van der Waals surface area contributed by atoms with Crippen molar-refractivity contribution in [3.05, 3.63) is 90.0 Å². The van der Waals surface area contributed by atoms with Crippen LogP contribution in [0.1, 0.15) is 15.9 Å². The highest BCUT2D eigenvalue weighted by atomic mass is 32.2. The molecule has 1 aliphatic heterocycles. The highest BCUT2D eigenvalue weighted by Gasteiger charge is 2.17. The number of hydrogen-bond donors (Lipinski definition) is 2. The molecule has 0 spiro atoms. The summed E-state index contributed by atoms with van der Waals surface area (Å²) >= 11 is 0. The van der Waals surface area contributed by atoms with Crippen molar-refractivity contribution in [2.45, 2.75) is 4.90 Å². The number of para-hydroxylation sites is 1. The molecule has 1 heterocycles. The lowest BCUT2D eigenvalue weighted by Crippen LogP contribution is -2.46. The number of primary sulfonamides is 1. The van der Waals surface area contributed by atoms with Gasteiger partial charge in [0.2, 0.25) is 10.0 Å². The number of carbonyl (C=O) groups excluding carboxylic acids is 1. The van der Waals surface area contributed by atoms with Crippen molar-refractivity contribution in [2.75, 3.05) is 36.0 Å². The van der Waals surface area contributed by atoms with E-state index in [1.807, 2.05) is 30.3 Å². The minimum atomic E-state index is -3.79. The van der Waals surface area contributed by atoms with Crippen molar-refractivity contribution in [3.63, 3.8) is 0 Å². The lowest BCUT2D eigenvalue weighted by atomic mass is 10.2. The van der Waals surface area contributed by atoms with Crippen LogP contribution in [-0.2, 0) is 10.0 Å². The summed E-state index contributed by atoms with van der Waals surface area (Å²) in [4.78, 5) is 16.9. The van der Waals surface area contributed by atoms with Crippen molar-refractivity contribution in [2.24, 2.45) is 10.2 Å². The Morgan fingerprint density at radius 1 is 0.818 bits per heavy atom. The van der Waals surface area contributed by atoms with E-state index in [1.165, 1.54) is 30.0 Å². The number of hydrazone groups is 1. The van der Waals surface area contributed by atoms with Gasteiger partial charge in [-0.3, -0.25) is 4.79 Å². The number of benzene rings is 3. The lowest BCUT2D eigenvalue weighted by molar-refractivity contribution is 0.0955. The Balaban J connectivity index is 1.29. The third kappa shape index (κ3) is 5.76. The fourth-order valence-electron chi connectivity index (χ4n) is 3.66. The molecule has 0 atom stereocenters. The SMILES string of the molecule is NS(=O)(=O)c1ccc(C(=O)N/N=C/c2ccc(N3CCN(c4ccccc4)CC3)cc2)cc1. The normalized spacial score (nSPS) is 14.5. The number of carbonyl (C=O) groups is 1. The molecule has 8 nitrogen and oxygen atoms in total. The van der Waals surface area contributed by atoms with Crippen molar-refractivity contribution < 1.29 is 13.2 Å². The fraction of sp³-hybridized carbons (Fsp3) is 0.167. The van der Waals surface area contributed by atoms with E-state index in [0.29, 0.717) is 0 Å².